The molecule has 1 aromatic rings. The Morgan fingerprint density at radius 3 is 2.61 bits per heavy atom. The van der Waals surface area contributed by atoms with Crippen LogP contribution in [0.4, 0.5) is 0 Å². The molecule has 0 bridgehead atoms. The molecule has 3 heteroatoms. The predicted octanol–water partition coefficient (Wildman–Crippen LogP) is 2.90. The van der Waals surface area contributed by atoms with Crippen LogP contribution in [0, 0.1) is 0 Å². The van der Waals surface area contributed by atoms with Gasteiger partial charge in [-0.15, -0.1) is 0 Å². The number of nitrogens with one attached hydrogen (secondary N) is 1. The average molecular weight is 249 g/mol. The molecule has 18 heavy (non-hydrogen) atoms. The average Bonchev–Trinajstić information content (AvgIpc) is 2.38. The second-order valence-electron chi connectivity index (χ2n) is 4.36. The zero-order valence-electron chi connectivity index (χ0n) is 11.3. The topological polar surface area (TPSA) is 38.3 Å². The Bertz CT molecular complexity index is 338. The number of carbonyl (C=O) groups is 1. The number of ether oxygens (including phenoxy) is 1. The zero-order valence-corrected chi connectivity index (χ0v) is 11.3. The van der Waals surface area contributed by atoms with Crippen LogP contribution in [0.2, 0.25) is 0 Å². The molecule has 0 spiro atoms. The summed E-state index contributed by atoms with van der Waals surface area (Å²) in [7, 11) is 0. The molecule has 0 aromatic heterocycles. The molecule has 1 aromatic carbocycles. The fourth-order valence-electron chi connectivity index (χ4n) is 1.90. The Morgan fingerprint density at radius 2 is 2.00 bits per heavy atom. The van der Waals surface area contributed by atoms with Crippen molar-refractivity contribution < 1.29 is 9.53 Å². The third-order valence-electron chi connectivity index (χ3n) is 2.79. The molecule has 0 aliphatic carbocycles. The maximum atomic E-state index is 11.5. The Hall–Kier alpha value is -1.35. The zero-order chi connectivity index (χ0) is 13.2. The highest BCUT2D eigenvalue weighted by Gasteiger charge is 2.13. The highest BCUT2D eigenvalue weighted by atomic mass is 16.5. The summed E-state index contributed by atoms with van der Waals surface area (Å²) in [6.45, 7) is 5.22. The molecule has 1 rings (SSSR count). The SMILES string of the molecule is CCCC(CC(=O)OCC)NCc1ccccc1. The van der Waals surface area contributed by atoms with Gasteiger partial charge in [0.2, 0.25) is 0 Å². The van der Waals surface area contributed by atoms with Crippen LogP contribution >= 0.6 is 0 Å². The molecule has 0 amide bonds. The van der Waals surface area contributed by atoms with Gasteiger partial charge in [-0.3, -0.25) is 4.79 Å². The van der Waals surface area contributed by atoms with E-state index in [0.717, 1.165) is 19.4 Å². The van der Waals surface area contributed by atoms with Gasteiger partial charge in [-0.25, -0.2) is 0 Å². The minimum Gasteiger partial charge on any atom is -0.466 e. The molecule has 3 nitrogen and oxygen atoms in total. The monoisotopic (exact) mass is 249 g/mol. The second-order valence-corrected chi connectivity index (χ2v) is 4.36. The van der Waals surface area contributed by atoms with Gasteiger partial charge in [0.15, 0.2) is 0 Å². The van der Waals surface area contributed by atoms with Gasteiger partial charge >= 0.3 is 5.97 Å². The Labute approximate surface area is 110 Å². The van der Waals surface area contributed by atoms with Crippen LogP contribution < -0.4 is 5.32 Å². The van der Waals surface area contributed by atoms with E-state index in [-0.39, 0.29) is 12.0 Å². The van der Waals surface area contributed by atoms with Gasteiger partial charge in [-0.1, -0.05) is 43.7 Å². The molecule has 1 unspecified atom stereocenters. The smallest absolute Gasteiger partial charge is 0.307 e. The molecule has 1 atom stereocenters. The number of rotatable bonds is 8. The molecule has 0 aliphatic rings. The minimum atomic E-state index is -0.114. The van der Waals surface area contributed by atoms with E-state index in [0.29, 0.717) is 13.0 Å². The number of esters is 1. The summed E-state index contributed by atoms with van der Waals surface area (Å²) in [5, 5.41) is 3.43. The van der Waals surface area contributed by atoms with E-state index < -0.39 is 0 Å². The van der Waals surface area contributed by atoms with Crippen molar-refractivity contribution >= 4 is 5.97 Å². The van der Waals surface area contributed by atoms with Gasteiger partial charge < -0.3 is 10.1 Å². The van der Waals surface area contributed by atoms with Gasteiger partial charge in [0.25, 0.3) is 0 Å². The van der Waals surface area contributed by atoms with E-state index in [1.54, 1.807) is 0 Å². The van der Waals surface area contributed by atoms with Crippen molar-refractivity contribution in [2.75, 3.05) is 6.61 Å². The first kappa shape index (κ1) is 14.7. The van der Waals surface area contributed by atoms with E-state index in [2.05, 4.69) is 24.4 Å². The maximum absolute atomic E-state index is 11.5. The summed E-state index contributed by atoms with van der Waals surface area (Å²) in [6.07, 6.45) is 2.51. The van der Waals surface area contributed by atoms with Crippen LogP contribution in [0.5, 0.6) is 0 Å². The molecule has 0 saturated heterocycles. The van der Waals surface area contributed by atoms with Crippen molar-refractivity contribution in [3.8, 4) is 0 Å². The molecular weight excluding hydrogens is 226 g/mol. The lowest BCUT2D eigenvalue weighted by atomic mass is 10.1. The first-order chi connectivity index (χ1) is 8.76. The van der Waals surface area contributed by atoms with E-state index in [4.69, 9.17) is 4.74 Å². The van der Waals surface area contributed by atoms with Gasteiger partial charge in [-0.05, 0) is 18.9 Å². The standard InChI is InChI=1S/C15H23NO2/c1-3-8-14(11-15(17)18-4-2)16-12-13-9-6-5-7-10-13/h5-7,9-10,14,16H,3-4,8,11-12H2,1-2H3. The predicted molar refractivity (Wildman–Crippen MR) is 73.2 cm³/mol. The van der Waals surface area contributed by atoms with E-state index in [9.17, 15) is 4.79 Å². The molecule has 100 valence electrons. The summed E-state index contributed by atoms with van der Waals surface area (Å²) in [4.78, 5) is 11.5. The largest absolute Gasteiger partial charge is 0.466 e. The summed E-state index contributed by atoms with van der Waals surface area (Å²) in [6, 6.07) is 10.4. The minimum absolute atomic E-state index is 0.114. The van der Waals surface area contributed by atoms with Crippen LogP contribution in [0.1, 0.15) is 38.7 Å². The van der Waals surface area contributed by atoms with Crippen molar-refractivity contribution in [3.05, 3.63) is 35.9 Å². The Morgan fingerprint density at radius 1 is 1.28 bits per heavy atom. The summed E-state index contributed by atoms with van der Waals surface area (Å²) < 4.78 is 4.99. The summed E-state index contributed by atoms with van der Waals surface area (Å²) in [5.41, 5.74) is 1.24. The molecule has 0 aliphatic heterocycles. The highest BCUT2D eigenvalue weighted by molar-refractivity contribution is 5.70. The molecule has 1 N–H and O–H groups in total. The van der Waals surface area contributed by atoms with Gasteiger partial charge in [-0.2, -0.15) is 0 Å². The Kier molecular flexibility index (Phi) is 7.11. The van der Waals surface area contributed by atoms with Crippen molar-refractivity contribution in [2.45, 2.75) is 45.7 Å². The van der Waals surface area contributed by atoms with E-state index >= 15 is 0 Å². The van der Waals surface area contributed by atoms with Crippen molar-refractivity contribution in [2.24, 2.45) is 0 Å². The van der Waals surface area contributed by atoms with Crippen LogP contribution in [0.15, 0.2) is 30.3 Å². The number of benzene rings is 1. The molecule has 0 heterocycles. The highest BCUT2D eigenvalue weighted by Crippen LogP contribution is 2.06. The summed E-state index contributed by atoms with van der Waals surface area (Å²) in [5.74, 6) is -0.114. The first-order valence-corrected chi connectivity index (χ1v) is 6.69. The number of hydrogen-bond acceptors (Lipinski definition) is 3. The lowest BCUT2D eigenvalue weighted by molar-refractivity contribution is -0.143. The second kappa shape index (κ2) is 8.70. The van der Waals surface area contributed by atoms with Crippen LogP contribution in [0.3, 0.4) is 0 Å². The van der Waals surface area contributed by atoms with Gasteiger partial charge in [0.05, 0.1) is 13.0 Å². The Balaban J connectivity index is 2.40. The normalized spacial score (nSPS) is 12.1. The molecule has 0 saturated carbocycles. The first-order valence-electron chi connectivity index (χ1n) is 6.69. The fraction of sp³-hybridized carbons (Fsp3) is 0.533. The molecule has 0 radical (unpaired) electrons. The van der Waals surface area contributed by atoms with Crippen LogP contribution in [-0.2, 0) is 16.1 Å². The van der Waals surface area contributed by atoms with Gasteiger partial charge in [0.1, 0.15) is 0 Å². The van der Waals surface area contributed by atoms with E-state index in [1.807, 2.05) is 25.1 Å². The van der Waals surface area contributed by atoms with Crippen LogP contribution in [-0.4, -0.2) is 18.6 Å². The lowest BCUT2D eigenvalue weighted by Gasteiger charge is -2.17. The van der Waals surface area contributed by atoms with Gasteiger partial charge in [0, 0.05) is 12.6 Å². The number of carbonyl (C=O) groups excluding carboxylic acids is 1. The molecule has 0 fully saturated rings. The molecular formula is C15H23NO2. The quantitative estimate of drug-likeness (QED) is 0.720. The van der Waals surface area contributed by atoms with E-state index in [1.165, 1.54) is 5.56 Å². The van der Waals surface area contributed by atoms with Crippen molar-refractivity contribution in [1.29, 1.82) is 0 Å². The van der Waals surface area contributed by atoms with Crippen molar-refractivity contribution in [1.82, 2.24) is 5.32 Å². The van der Waals surface area contributed by atoms with Crippen molar-refractivity contribution in [3.63, 3.8) is 0 Å². The third kappa shape index (κ3) is 5.82. The fourth-order valence-corrected chi connectivity index (χ4v) is 1.90. The maximum Gasteiger partial charge on any atom is 0.307 e. The van der Waals surface area contributed by atoms with Crippen LogP contribution in [0.25, 0.3) is 0 Å². The number of hydrogen-bond donors (Lipinski definition) is 1. The third-order valence-corrected chi connectivity index (χ3v) is 2.79. The summed E-state index contributed by atoms with van der Waals surface area (Å²) >= 11 is 0. The lowest BCUT2D eigenvalue weighted by Crippen LogP contribution is -2.31.